The lowest BCUT2D eigenvalue weighted by atomic mass is 10.1. The Kier molecular flexibility index (Phi) is 4.60. The average Bonchev–Trinajstić information content (AvgIpc) is 2.23. The van der Waals surface area contributed by atoms with Crippen molar-refractivity contribution in [3.05, 3.63) is 29.8 Å². The second-order valence-electron chi connectivity index (χ2n) is 3.15. The molecule has 0 saturated heterocycles. The van der Waals surface area contributed by atoms with Gasteiger partial charge < -0.3 is 10.5 Å². The number of halogens is 1. The van der Waals surface area contributed by atoms with Gasteiger partial charge in [-0.15, -0.1) is 0 Å². The molecule has 82 valence electrons. The molecule has 4 heteroatoms. The number of carbonyl (C=O) groups excluding carboxylic acids is 1. The van der Waals surface area contributed by atoms with E-state index in [2.05, 4.69) is 4.74 Å². The highest BCUT2D eigenvalue weighted by molar-refractivity contribution is 5.69. The maximum Gasteiger partial charge on any atom is 0.306 e. The molecule has 3 nitrogen and oxygen atoms in total. The van der Waals surface area contributed by atoms with Gasteiger partial charge in [-0.05, 0) is 24.1 Å². The fourth-order valence-corrected chi connectivity index (χ4v) is 1.22. The minimum Gasteiger partial charge on any atom is -0.463 e. The van der Waals surface area contributed by atoms with E-state index in [1.54, 1.807) is 6.07 Å². The van der Waals surface area contributed by atoms with Crippen LogP contribution in [0.4, 0.5) is 10.1 Å². The normalized spacial score (nSPS) is 9.93. The summed E-state index contributed by atoms with van der Waals surface area (Å²) < 4.78 is 16.3. The predicted octanol–water partition coefficient (Wildman–Crippen LogP) is 1.71. The SMILES string of the molecule is Nc1cccc(CCC(=O)OCCF)c1. The molecule has 0 aliphatic carbocycles. The Morgan fingerprint density at radius 2 is 2.27 bits per heavy atom. The highest BCUT2D eigenvalue weighted by Gasteiger charge is 2.03. The van der Waals surface area contributed by atoms with Crippen molar-refractivity contribution in [1.29, 1.82) is 0 Å². The molecule has 0 unspecified atom stereocenters. The Balaban J connectivity index is 2.33. The minimum atomic E-state index is -0.635. The molecule has 15 heavy (non-hydrogen) atoms. The first-order chi connectivity index (χ1) is 7.22. The number of ether oxygens (including phenoxy) is 1. The van der Waals surface area contributed by atoms with Gasteiger partial charge in [0, 0.05) is 12.1 Å². The summed E-state index contributed by atoms with van der Waals surface area (Å²) in [5.74, 6) is -0.380. The van der Waals surface area contributed by atoms with Crippen LogP contribution in [-0.4, -0.2) is 19.3 Å². The number of alkyl halides is 1. The van der Waals surface area contributed by atoms with Gasteiger partial charge in [-0.1, -0.05) is 12.1 Å². The molecular formula is C11H14FNO2. The van der Waals surface area contributed by atoms with Crippen molar-refractivity contribution >= 4 is 11.7 Å². The van der Waals surface area contributed by atoms with Crippen molar-refractivity contribution in [1.82, 2.24) is 0 Å². The summed E-state index contributed by atoms with van der Waals surface area (Å²) in [6.45, 7) is -0.792. The first-order valence-electron chi connectivity index (χ1n) is 4.78. The van der Waals surface area contributed by atoms with E-state index >= 15 is 0 Å². The van der Waals surface area contributed by atoms with Gasteiger partial charge in [0.2, 0.25) is 0 Å². The van der Waals surface area contributed by atoms with Crippen LogP contribution in [0.1, 0.15) is 12.0 Å². The van der Waals surface area contributed by atoms with Crippen LogP contribution in [0.3, 0.4) is 0 Å². The molecule has 0 aliphatic heterocycles. The standard InChI is InChI=1S/C11H14FNO2/c12-6-7-15-11(14)5-4-9-2-1-3-10(13)8-9/h1-3,8H,4-7,13H2. The zero-order valence-corrected chi connectivity index (χ0v) is 8.41. The summed E-state index contributed by atoms with van der Waals surface area (Å²) in [7, 11) is 0. The fraction of sp³-hybridized carbons (Fsp3) is 0.364. The predicted molar refractivity (Wildman–Crippen MR) is 56.1 cm³/mol. The molecule has 1 aromatic carbocycles. The van der Waals surface area contributed by atoms with Gasteiger partial charge >= 0.3 is 5.97 Å². The van der Waals surface area contributed by atoms with Gasteiger partial charge in [0.05, 0.1) is 0 Å². The van der Waals surface area contributed by atoms with Gasteiger partial charge in [0.15, 0.2) is 0 Å². The number of hydrogen-bond acceptors (Lipinski definition) is 3. The Morgan fingerprint density at radius 1 is 1.47 bits per heavy atom. The Hall–Kier alpha value is -1.58. The summed E-state index contributed by atoms with van der Waals surface area (Å²) in [6, 6.07) is 7.31. The molecule has 2 N–H and O–H groups in total. The van der Waals surface area contributed by atoms with Crippen molar-refractivity contribution in [3.63, 3.8) is 0 Å². The van der Waals surface area contributed by atoms with Crippen LogP contribution in [0, 0.1) is 0 Å². The van der Waals surface area contributed by atoms with Gasteiger partial charge in [-0.3, -0.25) is 4.79 Å². The van der Waals surface area contributed by atoms with Crippen molar-refractivity contribution in [2.75, 3.05) is 19.0 Å². The largest absolute Gasteiger partial charge is 0.463 e. The molecule has 0 atom stereocenters. The van der Waals surface area contributed by atoms with Crippen molar-refractivity contribution in [3.8, 4) is 0 Å². The second kappa shape index (κ2) is 6.01. The zero-order chi connectivity index (χ0) is 11.1. The van der Waals surface area contributed by atoms with Crippen LogP contribution >= 0.6 is 0 Å². The summed E-state index contributed by atoms with van der Waals surface area (Å²) in [4.78, 5) is 11.0. The van der Waals surface area contributed by atoms with E-state index in [1.807, 2.05) is 18.2 Å². The van der Waals surface area contributed by atoms with Crippen LogP contribution in [0.5, 0.6) is 0 Å². The Morgan fingerprint density at radius 3 is 2.93 bits per heavy atom. The molecule has 0 heterocycles. The monoisotopic (exact) mass is 211 g/mol. The zero-order valence-electron chi connectivity index (χ0n) is 8.41. The minimum absolute atomic E-state index is 0.157. The molecule has 0 amide bonds. The van der Waals surface area contributed by atoms with Gasteiger partial charge in [-0.25, -0.2) is 4.39 Å². The first-order valence-corrected chi connectivity index (χ1v) is 4.78. The van der Waals surface area contributed by atoms with Gasteiger partial charge in [-0.2, -0.15) is 0 Å². The number of hydrogen-bond donors (Lipinski definition) is 1. The van der Waals surface area contributed by atoms with Crippen LogP contribution in [0.2, 0.25) is 0 Å². The number of anilines is 1. The molecule has 1 aromatic rings. The third kappa shape index (κ3) is 4.44. The molecule has 0 aliphatic rings. The van der Waals surface area contributed by atoms with E-state index in [0.717, 1.165) is 5.56 Å². The number of carbonyl (C=O) groups is 1. The molecule has 0 aromatic heterocycles. The summed E-state index contributed by atoms with van der Waals surface area (Å²) in [6.07, 6.45) is 0.819. The first kappa shape index (κ1) is 11.5. The molecule has 1 rings (SSSR count). The lowest BCUT2D eigenvalue weighted by Crippen LogP contribution is -2.07. The number of aryl methyl sites for hydroxylation is 1. The van der Waals surface area contributed by atoms with Gasteiger partial charge in [0.1, 0.15) is 13.3 Å². The molecule has 0 saturated carbocycles. The average molecular weight is 211 g/mol. The number of benzene rings is 1. The van der Waals surface area contributed by atoms with Crippen molar-refractivity contribution < 1.29 is 13.9 Å². The molecule has 0 bridgehead atoms. The maximum atomic E-state index is 11.7. The van der Waals surface area contributed by atoms with E-state index in [4.69, 9.17) is 5.73 Å². The van der Waals surface area contributed by atoms with E-state index in [1.165, 1.54) is 0 Å². The van der Waals surface area contributed by atoms with E-state index in [0.29, 0.717) is 12.1 Å². The number of nitrogens with two attached hydrogens (primary N) is 1. The maximum absolute atomic E-state index is 11.7. The Bertz CT molecular complexity index is 328. The van der Waals surface area contributed by atoms with Crippen LogP contribution in [0.25, 0.3) is 0 Å². The Labute approximate surface area is 88.0 Å². The van der Waals surface area contributed by atoms with Gasteiger partial charge in [0.25, 0.3) is 0 Å². The lowest BCUT2D eigenvalue weighted by Gasteiger charge is -2.03. The highest BCUT2D eigenvalue weighted by Crippen LogP contribution is 2.08. The number of nitrogen functional groups attached to an aromatic ring is 1. The van der Waals surface area contributed by atoms with Crippen molar-refractivity contribution in [2.45, 2.75) is 12.8 Å². The number of esters is 1. The highest BCUT2D eigenvalue weighted by atomic mass is 19.1. The quantitative estimate of drug-likeness (QED) is 0.596. The molecular weight excluding hydrogens is 197 g/mol. The lowest BCUT2D eigenvalue weighted by molar-refractivity contribution is -0.143. The van der Waals surface area contributed by atoms with Crippen LogP contribution in [0.15, 0.2) is 24.3 Å². The van der Waals surface area contributed by atoms with E-state index in [9.17, 15) is 9.18 Å². The summed E-state index contributed by atoms with van der Waals surface area (Å²) >= 11 is 0. The summed E-state index contributed by atoms with van der Waals surface area (Å²) in [5.41, 5.74) is 7.23. The molecule has 0 spiro atoms. The van der Waals surface area contributed by atoms with Crippen LogP contribution < -0.4 is 5.73 Å². The topological polar surface area (TPSA) is 52.3 Å². The third-order valence-corrected chi connectivity index (χ3v) is 1.91. The fourth-order valence-electron chi connectivity index (χ4n) is 1.22. The van der Waals surface area contributed by atoms with E-state index in [-0.39, 0.29) is 19.0 Å². The summed E-state index contributed by atoms with van der Waals surface area (Å²) in [5, 5.41) is 0. The second-order valence-corrected chi connectivity index (χ2v) is 3.15. The van der Waals surface area contributed by atoms with Crippen molar-refractivity contribution in [2.24, 2.45) is 0 Å². The third-order valence-electron chi connectivity index (χ3n) is 1.91. The van der Waals surface area contributed by atoms with E-state index < -0.39 is 6.67 Å². The molecule has 0 fully saturated rings. The molecule has 0 radical (unpaired) electrons. The van der Waals surface area contributed by atoms with Crippen LogP contribution in [-0.2, 0) is 16.0 Å². The smallest absolute Gasteiger partial charge is 0.306 e. The number of rotatable bonds is 5.